The van der Waals surface area contributed by atoms with E-state index in [0.29, 0.717) is 12.1 Å². The molecule has 0 saturated heterocycles. The summed E-state index contributed by atoms with van der Waals surface area (Å²) in [5.74, 6) is -0.00631. The van der Waals surface area contributed by atoms with Crippen LogP contribution in [0, 0.1) is 0 Å². The fourth-order valence-electron chi connectivity index (χ4n) is 1.62. The summed E-state index contributed by atoms with van der Waals surface area (Å²) < 4.78 is 59.1. The van der Waals surface area contributed by atoms with Gasteiger partial charge in [0.05, 0.1) is 11.3 Å². The van der Waals surface area contributed by atoms with Gasteiger partial charge in [-0.2, -0.15) is 13.2 Å². The van der Waals surface area contributed by atoms with Crippen LogP contribution in [0.25, 0.3) is 0 Å². The highest BCUT2D eigenvalue weighted by molar-refractivity contribution is 7.90. The van der Waals surface area contributed by atoms with E-state index in [1.165, 1.54) is 12.1 Å². The average molecular weight is 295 g/mol. The molecule has 1 rings (SSSR count). The van der Waals surface area contributed by atoms with Gasteiger partial charge >= 0.3 is 6.18 Å². The molecule has 3 nitrogen and oxygen atoms in total. The molecular formula is C12H16F3NO2S. The molecule has 0 amide bonds. The van der Waals surface area contributed by atoms with E-state index in [2.05, 4.69) is 5.32 Å². The van der Waals surface area contributed by atoms with E-state index in [4.69, 9.17) is 0 Å². The zero-order chi connectivity index (χ0) is 14.7. The number of rotatable bonds is 5. The first kappa shape index (κ1) is 16.0. The van der Waals surface area contributed by atoms with Crippen molar-refractivity contribution in [3.05, 3.63) is 35.4 Å². The average Bonchev–Trinajstić information content (AvgIpc) is 2.23. The molecule has 0 aliphatic heterocycles. The number of sulfone groups is 1. The molecule has 0 radical (unpaired) electrons. The van der Waals surface area contributed by atoms with Gasteiger partial charge in [-0.25, -0.2) is 8.42 Å². The Morgan fingerprint density at radius 3 is 2.16 bits per heavy atom. The third-order valence-corrected chi connectivity index (χ3v) is 3.59. The number of alkyl halides is 3. The van der Waals surface area contributed by atoms with Gasteiger partial charge in [-0.1, -0.05) is 12.1 Å². The van der Waals surface area contributed by atoms with E-state index in [-0.39, 0.29) is 11.8 Å². The fourth-order valence-corrected chi connectivity index (χ4v) is 2.64. The molecule has 7 heteroatoms. The van der Waals surface area contributed by atoms with Gasteiger partial charge in [0, 0.05) is 18.8 Å². The van der Waals surface area contributed by atoms with Crippen molar-refractivity contribution >= 4 is 9.84 Å². The Balaban J connectivity index is 2.55. The Morgan fingerprint density at radius 2 is 1.74 bits per heavy atom. The lowest BCUT2D eigenvalue weighted by Crippen LogP contribution is -2.32. The molecule has 1 N–H and O–H groups in total. The zero-order valence-electron chi connectivity index (χ0n) is 10.7. The summed E-state index contributed by atoms with van der Waals surface area (Å²) in [5.41, 5.74) is -0.0196. The third kappa shape index (κ3) is 6.07. The summed E-state index contributed by atoms with van der Waals surface area (Å²) in [6.07, 6.45) is -3.20. The fraction of sp³-hybridized carbons (Fsp3) is 0.500. The first-order chi connectivity index (χ1) is 8.58. The summed E-state index contributed by atoms with van der Waals surface area (Å²) in [4.78, 5) is 0. The summed E-state index contributed by atoms with van der Waals surface area (Å²) in [6, 6.07) is 4.53. The lowest BCUT2D eigenvalue weighted by atomic mass is 10.1. The Kier molecular flexibility index (Phi) is 4.98. The molecule has 1 aromatic rings. The van der Waals surface area contributed by atoms with Crippen LogP contribution in [0.2, 0.25) is 0 Å². The van der Waals surface area contributed by atoms with Gasteiger partial charge in [-0.05, 0) is 24.6 Å². The zero-order valence-corrected chi connectivity index (χ0v) is 11.5. The molecule has 0 aromatic heterocycles. The van der Waals surface area contributed by atoms with Crippen LogP contribution in [-0.2, 0) is 22.6 Å². The van der Waals surface area contributed by atoms with Crippen LogP contribution >= 0.6 is 0 Å². The van der Waals surface area contributed by atoms with Crippen molar-refractivity contribution < 1.29 is 21.6 Å². The van der Waals surface area contributed by atoms with Gasteiger partial charge in [0.25, 0.3) is 0 Å². The standard InChI is InChI=1S/C12H16F3NO2S/c1-9(8-19(2,17)18)16-7-10-3-5-11(6-4-10)12(13,14)15/h3-6,9,16H,7-8H2,1-2H3. The second kappa shape index (κ2) is 5.92. The maximum absolute atomic E-state index is 12.3. The van der Waals surface area contributed by atoms with E-state index in [9.17, 15) is 21.6 Å². The van der Waals surface area contributed by atoms with Crippen molar-refractivity contribution in [3.63, 3.8) is 0 Å². The molecule has 0 fully saturated rings. The van der Waals surface area contributed by atoms with Crippen LogP contribution in [0.5, 0.6) is 0 Å². The highest BCUT2D eigenvalue weighted by Gasteiger charge is 2.29. The maximum Gasteiger partial charge on any atom is 0.416 e. The highest BCUT2D eigenvalue weighted by atomic mass is 32.2. The molecule has 0 saturated carbocycles. The van der Waals surface area contributed by atoms with Gasteiger partial charge in [-0.3, -0.25) is 0 Å². The van der Waals surface area contributed by atoms with Crippen LogP contribution < -0.4 is 5.32 Å². The second-order valence-electron chi connectivity index (χ2n) is 4.57. The van der Waals surface area contributed by atoms with Crippen molar-refractivity contribution in [2.75, 3.05) is 12.0 Å². The number of benzene rings is 1. The van der Waals surface area contributed by atoms with E-state index in [1.54, 1.807) is 6.92 Å². The Hall–Kier alpha value is -1.08. The van der Waals surface area contributed by atoms with Gasteiger partial charge in [-0.15, -0.1) is 0 Å². The summed E-state index contributed by atoms with van der Waals surface area (Å²) in [7, 11) is -3.07. The van der Waals surface area contributed by atoms with Crippen molar-refractivity contribution in [2.24, 2.45) is 0 Å². The monoisotopic (exact) mass is 295 g/mol. The molecular weight excluding hydrogens is 279 g/mol. The van der Waals surface area contributed by atoms with Crippen LogP contribution in [-0.4, -0.2) is 26.5 Å². The normalized spacial score (nSPS) is 14.4. The number of halogens is 3. The highest BCUT2D eigenvalue weighted by Crippen LogP contribution is 2.28. The molecule has 1 aromatic carbocycles. The molecule has 1 atom stereocenters. The minimum Gasteiger partial charge on any atom is -0.309 e. The van der Waals surface area contributed by atoms with Gasteiger partial charge in [0.15, 0.2) is 0 Å². The Morgan fingerprint density at radius 1 is 1.21 bits per heavy atom. The summed E-state index contributed by atoms with van der Waals surface area (Å²) in [5, 5.41) is 2.95. The lowest BCUT2D eigenvalue weighted by molar-refractivity contribution is -0.137. The number of hydrogen-bond donors (Lipinski definition) is 1. The van der Waals surface area contributed by atoms with E-state index in [0.717, 1.165) is 18.4 Å². The molecule has 0 aliphatic carbocycles. The van der Waals surface area contributed by atoms with E-state index >= 15 is 0 Å². The predicted octanol–water partition coefficient (Wildman–Crippen LogP) is 2.23. The van der Waals surface area contributed by atoms with Crippen LogP contribution in [0.1, 0.15) is 18.1 Å². The molecule has 0 heterocycles. The van der Waals surface area contributed by atoms with Crippen LogP contribution in [0.15, 0.2) is 24.3 Å². The Bertz CT molecular complexity index is 509. The molecule has 19 heavy (non-hydrogen) atoms. The third-order valence-electron chi connectivity index (χ3n) is 2.49. The van der Waals surface area contributed by atoms with Crippen LogP contribution in [0.4, 0.5) is 13.2 Å². The SMILES string of the molecule is CC(CS(C)(=O)=O)NCc1ccc(C(F)(F)F)cc1. The predicted molar refractivity (Wildman–Crippen MR) is 67.5 cm³/mol. The first-order valence-electron chi connectivity index (χ1n) is 5.65. The van der Waals surface area contributed by atoms with Gasteiger partial charge in [0.2, 0.25) is 0 Å². The van der Waals surface area contributed by atoms with Crippen molar-refractivity contribution in [3.8, 4) is 0 Å². The lowest BCUT2D eigenvalue weighted by Gasteiger charge is -2.13. The first-order valence-corrected chi connectivity index (χ1v) is 7.71. The van der Waals surface area contributed by atoms with Crippen molar-refractivity contribution in [2.45, 2.75) is 25.7 Å². The summed E-state index contributed by atoms with van der Waals surface area (Å²) in [6.45, 7) is 2.04. The van der Waals surface area contributed by atoms with E-state index < -0.39 is 21.6 Å². The van der Waals surface area contributed by atoms with Gasteiger partial charge < -0.3 is 5.32 Å². The Labute approximate surface area is 110 Å². The molecule has 0 spiro atoms. The molecule has 0 bridgehead atoms. The van der Waals surface area contributed by atoms with Crippen molar-refractivity contribution in [1.82, 2.24) is 5.32 Å². The minimum absolute atomic E-state index is 0.00631. The molecule has 0 aliphatic rings. The quantitative estimate of drug-likeness (QED) is 0.906. The number of nitrogens with one attached hydrogen (secondary N) is 1. The van der Waals surface area contributed by atoms with Crippen LogP contribution in [0.3, 0.4) is 0 Å². The molecule has 108 valence electrons. The van der Waals surface area contributed by atoms with Gasteiger partial charge in [0.1, 0.15) is 9.84 Å². The molecule has 1 unspecified atom stereocenters. The topological polar surface area (TPSA) is 46.2 Å². The van der Waals surface area contributed by atoms with E-state index in [1.807, 2.05) is 0 Å². The second-order valence-corrected chi connectivity index (χ2v) is 6.75. The summed E-state index contributed by atoms with van der Waals surface area (Å²) >= 11 is 0. The van der Waals surface area contributed by atoms with Crippen molar-refractivity contribution in [1.29, 1.82) is 0 Å². The number of hydrogen-bond acceptors (Lipinski definition) is 3. The largest absolute Gasteiger partial charge is 0.416 e. The maximum atomic E-state index is 12.3. The minimum atomic E-state index is -4.34. The smallest absolute Gasteiger partial charge is 0.309 e.